The maximum absolute atomic E-state index is 3.34. The molecule has 0 aromatic rings. The lowest BCUT2D eigenvalue weighted by atomic mass is 10.3. The summed E-state index contributed by atoms with van der Waals surface area (Å²) in [6.07, 6.45) is 4.61. The summed E-state index contributed by atoms with van der Waals surface area (Å²) >= 11 is 3.34. The summed E-state index contributed by atoms with van der Waals surface area (Å²) < 4.78 is 1.24. The van der Waals surface area contributed by atoms with E-state index in [-0.39, 0.29) is 0 Å². The van der Waals surface area contributed by atoms with Crippen LogP contribution in [0.25, 0.3) is 0 Å². The smallest absolute Gasteiger partial charge is 0.0120 e. The maximum Gasteiger partial charge on any atom is -0.0120 e. The lowest BCUT2D eigenvalue weighted by Crippen LogP contribution is -1.60. The Hall–Kier alpha value is 0.220. The van der Waals surface area contributed by atoms with E-state index in [0.717, 1.165) is 0 Å². The van der Waals surface area contributed by atoms with Gasteiger partial charge >= 0.3 is 0 Å². The highest BCUT2D eigenvalue weighted by Crippen LogP contribution is 2.03. The lowest BCUT2D eigenvalue weighted by Gasteiger charge is -1.83. The number of hydrogen-bond acceptors (Lipinski definition) is 0. The molecule has 0 nitrogen and oxygen atoms in total. The van der Waals surface area contributed by atoms with Gasteiger partial charge in [-0.1, -0.05) is 35.4 Å². The van der Waals surface area contributed by atoms with Crippen molar-refractivity contribution in [2.45, 2.75) is 26.7 Å². The molecule has 0 saturated carbocycles. The molecule has 0 aliphatic heterocycles. The quantitative estimate of drug-likeness (QED) is 0.586. The van der Waals surface area contributed by atoms with Crippen LogP contribution in [0.15, 0.2) is 10.6 Å². The lowest BCUT2D eigenvalue weighted by molar-refractivity contribution is 0.956. The van der Waals surface area contributed by atoms with E-state index in [1.165, 1.54) is 17.3 Å². The highest BCUT2D eigenvalue weighted by atomic mass is 79.9. The second-order valence-corrected chi connectivity index (χ2v) is 2.83. The summed E-state index contributed by atoms with van der Waals surface area (Å²) in [5.41, 5.74) is 0. The van der Waals surface area contributed by atoms with Crippen molar-refractivity contribution in [3.05, 3.63) is 10.6 Å². The second kappa shape index (κ2) is 4.38. The van der Waals surface area contributed by atoms with Crippen LogP contribution in [0.1, 0.15) is 26.7 Å². The van der Waals surface area contributed by atoms with Gasteiger partial charge in [0, 0.05) is 0 Å². The van der Waals surface area contributed by atoms with Crippen LogP contribution in [0.3, 0.4) is 0 Å². The fourth-order valence-electron chi connectivity index (χ4n) is 0.343. The highest BCUT2D eigenvalue weighted by molar-refractivity contribution is 9.11. The van der Waals surface area contributed by atoms with E-state index in [1.54, 1.807) is 0 Å². The second-order valence-electron chi connectivity index (χ2n) is 1.58. The van der Waals surface area contributed by atoms with Crippen molar-refractivity contribution in [1.29, 1.82) is 0 Å². The molecule has 0 atom stereocenters. The molecule has 0 unspecified atom stereocenters. The zero-order valence-electron chi connectivity index (χ0n) is 4.87. The van der Waals surface area contributed by atoms with E-state index in [2.05, 4.69) is 35.9 Å². The molecular weight excluding hydrogens is 152 g/mol. The molecular formula is C6H11Br. The summed E-state index contributed by atoms with van der Waals surface area (Å²) in [6.45, 7) is 4.22. The van der Waals surface area contributed by atoms with Crippen molar-refractivity contribution < 1.29 is 0 Å². The van der Waals surface area contributed by atoms with Gasteiger partial charge in [0.25, 0.3) is 0 Å². The Bertz CT molecular complexity index is 60.6. The highest BCUT2D eigenvalue weighted by Gasteiger charge is 1.75. The molecule has 0 rings (SSSR count). The van der Waals surface area contributed by atoms with Crippen molar-refractivity contribution in [2.75, 3.05) is 0 Å². The number of allylic oxidation sites excluding steroid dienone is 2. The van der Waals surface area contributed by atoms with Gasteiger partial charge in [0.05, 0.1) is 0 Å². The molecule has 0 aromatic heterocycles. The molecule has 0 aromatic carbocycles. The van der Waals surface area contributed by atoms with Crippen LogP contribution >= 0.6 is 15.9 Å². The maximum atomic E-state index is 3.34. The zero-order chi connectivity index (χ0) is 5.70. The predicted octanol–water partition coefficient (Wildman–Crippen LogP) is 3.09. The van der Waals surface area contributed by atoms with Crippen LogP contribution in [0.5, 0.6) is 0 Å². The minimum atomic E-state index is 1.19. The van der Waals surface area contributed by atoms with Gasteiger partial charge in [-0.05, 0) is 17.8 Å². The molecule has 7 heavy (non-hydrogen) atoms. The Morgan fingerprint density at radius 2 is 2.29 bits per heavy atom. The van der Waals surface area contributed by atoms with Crippen LogP contribution in [0.4, 0.5) is 0 Å². The number of hydrogen-bond donors (Lipinski definition) is 0. The molecule has 0 N–H and O–H groups in total. The Morgan fingerprint density at radius 3 is 2.43 bits per heavy atom. The van der Waals surface area contributed by atoms with Gasteiger partial charge in [0.1, 0.15) is 0 Å². The van der Waals surface area contributed by atoms with Crippen LogP contribution in [-0.4, -0.2) is 0 Å². The SMILES string of the molecule is CCCC=C(C)Br. The molecule has 0 bridgehead atoms. The standard InChI is InChI=1S/C6H11Br/c1-3-4-5-6(2)7/h5H,3-4H2,1-2H3. The van der Waals surface area contributed by atoms with Gasteiger partial charge in [-0.3, -0.25) is 0 Å². The molecule has 0 heterocycles. The molecule has 1 heteroatoms. The Morgan fingerprint density at radius 1 is 1.71 bits per heavy atom. The van der Waals surface area contributed by atoms with Gasteiger partial charge < -0.3 is 0 Å². The van der Waals surface area contributed by atoms with Crippen LogP contribution in [0.2, 0.25) is 0 Å². The first kappa shape index (κ1) is 7.22. The van der Waals surface area contributed by atoms with E-state index in [9.17, 15) is 0 Å². The molecule has 0 saturated heterocycles. The van der Waals surface area contributed by atoms with E-state index < -0.39 is 0 Å². The molecule has 0 aliphatic carbocycles. The van der Waals surface area contributed by atoms with Crippen molar-refractivity contribution in [3.8, 4) is 0 Å². The van der Waals surface area contributed by atoms with Crippen LogP contribution in [0, 0.1) is 0 Å². The molecule has 0 fully saturated rings. The molecule has 0 aliphatic rings. The first-order valence-corrected chi connectivity index (χ1v) is 3.39. The normalized spacial score (nSPS) is 12.1. The topological polar surface area (TPSA) is 0 Å². The summed E-state index contributed by atoms with van der Waals surface area (Å²) in [5, 5.41) is 0. The first-order valence-electron chi connectivity index (χ1n) is 2.59. The summed E-state index contributed by atoms with van der Waals surface area (Å²) in [7, 11) is 0. The monoisotopic (exact) mass is 162 g/mol. The molecule has 0 spiro atoms. The first-order chi connectivity index (χ1) is 3.27. The summed E-state index contributed by atoms with van der Waals surface area (Å²) in [5.74, 6) is 0. The average molecular weight is 163 g/mol. The molecule has 0 amide bonds. The van der Waals surface area contributed by atoms with Gasteiger partial charge in [-0.25, -0.2) is 0 Å². The Kier molecular flexibility index (Phi) is 4.52. The summed E-state index contributed by atoms with van der Waals surface area (Å²) in [4.78, 5) is 0. The number of rotatable bonds is 2. The number of unbranched alkanes of at least 4 members (excludes halogenated alkanes) is 1. The van der Waals surface area contributed by atoms with Gasteiger partial charge in [-0.2, -0.15) is 0 Å². The summed E-state index contributed by atoms with van der Waals surface area (Å²) in [6, 6.07) is 0. The van der Waals surface area contributed by atoms with E-state index >= 15 is 0 Å². The third kappa shape index (κ3) is 6.22. The van der Waals surface area contributed by atoms with E-state index in [1.807, 2.05) is 0 Å². The Balaban J connectivity index is 3.08. The third-order valence-corrected chi connectivity index (χ3v) is 1.04. The average Bonchev–Trinajstić information content (AvgIpc) is 1.61. The van der Waals surface area contributed by atoms with Gasteiger partial charge in [0.15, 0.2) is 0 Å². The molecule has 42 valence electrons. The van der Waals surface area contributed by atoms with Crippen molar-refractivity contribution in [2.24, 2.45) is 0 Å². The number of halogens is 1. The van der Waals surface area contributed by atoms with Crippen molar-refractivity contribution in [1.82, 2.24) is 0 Å². The minimum Gasteiger partial charge on any atom is -0.0747 e. The van der Waals surface area contributed by atoms with Crippen LogP contribution < -0.4 is 0 Å². The minimum absolute atomic E-state index is 1.19. The molecule has 0 radical (unpaired) electrons. The third-order valence-electron chi connectivity index (χ3n) is 0.714. The fourth-order valence-corrected chi connectivity index (χ4v) is 0.572. The Labute approximate surface area is 53.7 Å². The van der Waals surface area contributed by atoms with E-state index in [0.29, 0.717) is 0 Å². The van der Waals surface area contributed by atoms with Crippen molar-refractivity contribution in [3.63, 3.8) is 0 Å². The van der Waals surface area contributed by atoms with Gasteiger partial charge in [0.2, 0.25) is 0 Å². The van der Waals surface area contributed by atoms with E-state index in [4.69, 9.17) is 0 Å². The van der Waals surface area contributed by atoms with Gasteiger partial charge in [-0.15, -0.1) is 0 Å². The fraction of sp³-hybridized carbons (Fsp3) is 0.667. The van der Waals surface area contributed by atoms with Crippen molar-refractivity contribution >= 4 is 15.9 Å². The van der Waals surface area contributed by atoms with Crippen LogP contribution in [-0.2, 0) is 0 Å². The zero-order valence-corrected chi connectivity index (χ0v) is 6.46. The largest absolute Gasteiger partial charge is 0.0747 e. The predicted molar refractivity (Wildman–Crippen MR) is 37.6 cm³/mol.